The van der Waals surface area contributed by atoms with Crippen molar-refractivity contribution in [3.63, 3.8) is 0 Å². The molecule has 0 radical (unpaired) electrons. The Hall–Kier alpha value is -0.810. The fourth-order valence-electron chi connectivity index (χ4n) is 4.30. The van der Waals surface area contributed by atoms with Gasteiger partial charge in [0.2, 0.25) is 0 Å². The fraction of sp³-hybridized carbons (Fsp3) is 0.579. The van der Waals surface area contributed by atoms with E-state index >= 15 is 0 Å². The molecular formula is C19H27OP. The second-order valence-electron chi connectivity index (χ2n) is 6.84. The summed E-state index contributed by atoms with van der Waals surface area (Å²) in [6.45, 7) is 4.20. The molecule has 1 aromatic rings. The van der Waals surface area contributed by atoms with Crippen molar-refractivity contribution in [2.75, 3.05) is 0 Å². The molecule has 2 heteroatoms. The molecule has 2 aliphatic carbocycles. The smallest absolute Gasteiger partial charge is 0.121 e. The van der Waals surface area contributed by atoms with Crippen LogP contribution in [-0.2, 0) is 4.57 Å². The zero-order chi connectivity index (χ0) is 14.7. The monoisotopic (exact) mass is 302 g/mol. The van der Waals surface area contributed by atoms with Gasteiger partial charge in [-0.25, -0.2) is 0 Å². The van der Waals surface area contributed by atoms with Crippen molar-refractivity contribution in [3.8, 4) is 0 Å². The minimum Gasteiger partial charge on any atom is -0.318 e. The maximum atomic E-state index is 14.2. The van der Waals surface area contributed by atoms with Crippen LogP contribution in [0.1, 0.15) is 57.8 Å². The van der Waals surface area contributed by atoms with Crippen molar-refractivity contribution in [1.29, 1.82) is 0 Å². The van der Waals surface area contributed by atoms with Crippen LogP contribution in [-0.4, -0.2) is 11.3 Å². The van der Waals surface area contributed by atoms with Crippen LogP contribution in [0.15, 0.2) is 42.5 Å². The summed E-state index contributed by atoms with van der Waals surface area (Å²) in [4.78, 5) is 0. The first-order valence-corrected chi connectivity index (χ1v) is 10.4. The molecular weight excluding hydrogens is 275 g/mol. The van der Waals surface area contributed by atoms with Gasteiger partial charge in [0.1, 0.15) is 7.14 Å². The summed E-state index contributed by atoms with van der Waals surface area (Å²) >= 11 is 0. The lowest BCUT2D eigenvalue weighted by molar-refractivity contribution is 0.471. The second-order valence-corrected chi connectivity index (χ2v) is 10.2. The average Bonchev–Trinajstić information content (AvgIpc) is 2.56. The average molecular weight is 302 g/mol. The van der Waals surface area contributed by atoms with Crippen molar-refractivity contribution in [1.82, 2.24) is 0 Å². The van der Waals surface area contributed by atoms with Crippen LogP contribution in [0.2, 0.25) is 0 Å². The Kier molecular flexibility index (Phi) is 4.69. The molecule has 2 aliphatic rings. The standard InChI is InChI=1S/C19H27OP/c1-16-9-8-14-19(15-16)21(20,17-10-4-2-5-11-17)18-12-6-3-7-13-18/h2,4-5,10-11,18-19H,1,3,6-9,12-15H2. The van der Waals surface area contributed by atoms with Gasteiger partial charge in [0, 0.05) is 16.6 Å². The summed E-state index contributed by atoms with van der Waals surface area (Å²) in [6, 6.07) is 10.4. The van der Waals surface area contributed by atoms with Crippen LogP contribution in [0.25, 0.3) is 0 Å². The molecule has 0 aromatic heterocycles. The fourth-order valence-corrected chi connectivity index (χ4v) is 8.60. The van der Waals surface area contributed by atoms with Crippen LogP contribution in [0.3, 0.4) is 0 Å². The Morgan fingerprint density at radius 1 is 0.905 bits per heavy atom. The van der Waals surface area contributed by atoms with E-state index in [1.165, 1.54) is 31.3 Å². The van der Waals surface area contributed by atoms with Gasteiger partial charge in [0.05, 0.1) is 0 Å². The molecule has 0 saturated heterocycles. The van der Waals surface area contributed by atoms with Crippen LogP contribution in [0.5, 0.6) is 0 Å². The molecule has 2 fully saturated rings. The van der Waals surface area contributed by atoms with Crippen LogP contribution >= 0.6 is 7.14 Å². The van der Waals surface area contributed by atoms with E-state index in [9.17, 15) is 4.57 Å². The molecule has 114 valence electrons. The zero-order valence-electron chi connectivity index (χ0n) is 13.0. The van der Waals surface area contributed by atoms with E-state index in [1.54, 1.807) is 0 Å². The molecule has 2 atom stereocenters. The molecule has 0 heterocycles. The van der Waals surface area contributed by atoms with Crippen molar-refractivity contribution in [2.24, 2.45) is 0 Å². The van der Waals surface area contributed by atoms with Gasteiger partial charge in [-0.05, 0) is 38.5 Å². The molecule has 0 aliphatic heterocycles. The lowest BCUT2D eigenvalue weighted by Crippen LogP contribution is -2.30. The van der Waals surface area contributed by atoms with Crippen molar-refractivity contribution < 1.29 is 4.57 Å². The predicted octanol–water partition coefficient (Wildman–Crippen LogP) is 5.51. The van der Waals surface area contributed by atoms with Gasteiger partial charge in [-0.15, -0.1) is 0 Å². The first kappa shape index (κ1) is 15.1. The number of hydrogen-bond acceptors (Lipinski definition) is 1. The SMILES string of the molecule is C=C1CCCC(P(=O)(c2ccccc2)C2CCCCC2)C1. The second kappa shape index (κ2) is 6.53. The molecule has 21 heavy (non-hydrogen) atoms. The molecule has 0 N–H and O–H groups in total. The largest absolute Gasteiger partial charge is 0.318 e. The Morgan fingerprint density at radius 3 is 2.24 bits per heavy atom. The molecule has 0 amide bonds. The van der Waals surface area contributed by atoms with Gasteiger partial charge in [0.15, 0.2) is 0 Å². The summed E-state index contributed by atoms with van der Waals surface area (Å²) in [5.74, 6) is 0. The Morgan fingerprint density at radius 2 is 1.57 bits per heavy atom. The van der Waals surface area contributed by atoms with E-state index in [-0.39, 0.29) is 0 Å². The van der Waals surface area contributed by atoms with Gasteiger partial charge < -0.3 is 4.57 Å². The highest BCUT2D eigenvalue weighted by Gasteiger charge is 2.42. The summed E-state index contributed by atoms with van der Waals surface area (Å²) in [5, 5.41) is 1.14. The number of hydrogen-bond donors (Lipinski definition) is 0. The third-order valence-electron chi connectivity index (χ3n) is 5.41. The van der Waals surface area contributed by atoms with Gasteiger partial charge in [-0.1, -0.05) is 61.7 Å². The molecule has 2 unspecified atom stereocenters. The number of allylic oxidation sites excluding steroid dienone is 1. The molecule has 2 saturated carbocycles. The highest BCUT2D eigenvalue weighted by Crippen LogP contribution is 2.62. The Balaban J connectivity index is 1.97. The summed E-state index contributed by atoms with van der Waals surface area (Å²) < 4.78 is 14.2. The van der Waals surface area contributed by atoms with E-state index in [0.29, 0.717) is 11.3 Å². The Bertz CT molecular complexity index is 528. The lowest BCUT2D eigenvalue weighted by Gasteiger charge is -2.39. The highest BCUT2D eigenvalue weighted by atomic mass is 31.2. The molecule has 1 nitrogen and oxygen atoms in total. The maximum absolute atomic E-state index is 14.2. The first-order valence-electron chi connectivity index (χ1n) is 8.53. The predicted molar refractivity (Wildman–Crippen MR) is 92.0 cm³/mol. The zero-order valence-corrected chi connectivity index (χ0v) is 13.9. The maximum Gasteiger partial charge on any atom is 0.121 e. The van der Waals surface area contributed by atoms with E-state index in [0.717, 1.165) is 37.4 Å². The van der Waals surface area contributed by atoms with Crippen LogP contribution < -0.4 is 5.30 Å². The van der Waals surface area contributed by atoms with Gasteiger partial charge in [-0.3, -0.25) is 0 Å². The van der Waals surface area contributed by atoms with Crippen molar-refractivity contribution >= 4 is 12.4 Å². The van der Waals surface area contributed by atoms with E-state index in [2.05, 4.69) is 30.8 Å². The summed E-state index contributed by atoms with van der Waals surface area (Å²) in [7, 11) is -2.32. The third kappa shape index (κ3) is 3.04. The quantitative estimate of drug-likeness (QED) is 0.532. The van der Waals surface area contributed by atoms with Crippen LogP contribution in [0, 0.1) is 0 Å². The van der Waals surface area contributed by atoms with Gasteiger partial charge in [-0.2, -0.15) is 0 Å². The molecule has 1 aromatic carbocycles. The van der Waals surface area contributed by atoms with E-state index in [4.69, 9.17) is 0 Å². The first-order chi connectivity index (χ1) is 10.2. The topological polar surface area (TPSA) is 17.1 Å². The summed E-state index contributed by atoms with van der Waals surface area (Å²) in [5.41, 5.74) is 2.09. The summed E-state index contributed by atoms with van der Waals surface area (Å²) in [6.07, 6.45) is 10.6. The third-order valence-corrected chi connectivity index (χ3v) is 9.64. The minimum absolute atomic E-state index is 0.351. The molecule has 3 rings (SSSR count). The lowest BCUT2D eigenvalue weighted by atomic mass is 9.96. The number of benzene rings is 1. The molecule has 0 bridgehead atoms. The van der Waals surface area contributed by atoms with Gasteiger partial charge in [0.25, 0.3) is 0 Å². The van der Waals surface area contributed by atoms with Crippen LogP contribution in [0.4, 0.5) is 0 Å². The normalized spacial score (nSPS) is 27.2. The van der Waals surface area contributed by atoms with E-state index < -0.39 is 7.14 Å². The highest BCUT2D eigenvalue weighted by molar-refractivity contribution is 7.73. The Labute approximate surface area is 129 Å². The number of rotatable bonds is 3. The minimum atomic E-state index is -2.32. The van der Waals surface area contributed by atoms with Crippen molar-refractivity contribution in [3.05, 3.63) is 42.5 Å². The van der Waals surface area contributed by atoms with Crippen molar-refractivity contribution in [2.45, 2.75) is 69.1 Å². The van der Waals surface area contributed by atoms with E-state index in [1.807, 2.05) is 6.07 Å². The molecule has 0 spiro atoms. The van der Waals surface area contributed by atoms with Gasteiger partial charge >= 0.3 is 0 Å².